The second kappa shape index (κ2) is 6.95. The summed E-state index contributed by atoms with van der Waals surface area (Å²) in [5.41, 5.74) is 2.44. The maximum atomic E-state index is 12.8. The molecule has 2 aromatic rings. The lowest BCUT2D eigenvalue weighted by Gasteiger charge is -2.24. The molecule has 0 bridgehead atoms. The van der Waals surface area contributed by atoms with E-state index < -0.39 is 0 Å². The normalized spacial score (nSPS) is 15.4. The van der Waals surface area contributed by atoms with Crippen LogP contribution in [-0.2, 0) is 17.6 Å². The van der Waals surface area contributed by atoms with Crippen molar-refractivity contribution >= 4 is 5.91 Å². The minimum atomic E-state index is -0.238. The molecule has 6 heteroatoms. The van der Waals surface area contributed by atoms with E-state index in [0.717, 1.165) is 24.3 Å². The van der Waals surface area contributed by atoms with Crippen molar-refractivity contribution in [1.82, 2.24) is 14.5 Å². The third-order valence-corrected chi connectivity index (χ3v) is 4.65. The Kier molecular flexibility index (Phi) is 4.74. The zero-order chi connectivity index (χ0) is 17.1. The van der Waals surface area contributed by atoms with Crippen molar-refractivity contribution < 1.29 is 14.3 Å². The topological polar surface area (TPSA) is 56.6 Å². The number of nitrogens with zero attached hydrogens (tertiary/aromatic N) is 3. The number of benzene rings is 1. The van der Waals surface area contributed by atoms with Crippen LogP contribution in [0.3, 0.4) is 0 Å². The van der Waals surface area contributed by atoms with Gasteiger partial charge >= 0.3 is 0 Å². The Morgan fingerprint density at radius 3 is 2.17 bits per heavy atom. The monoisotopic (exact) mass is 329 g/mol. The van der Waals surface area contributed by atoms with Crippen LogP contribution in [0.25, 0.3) is 0 Å². The summed E-state index contributed by atoms with van der Waals surface area (Å²) in [5.74, 6) is 1.60. The molecular formula is C18H23N3O3. The number of rotatable bonds is 4. The number of imidazole rings is 1. The highest BCUT2D eigenvalue weighted by atomic mass is 16.5. The maximum absolute atomic E-state index is 12.8. The summed E-state index contributed by atoms with van der Waals surface area (Å²) in [7, 11) is 3.28. The average Bonchev–Trinajstić information content (AvgIpc) is 3.07. The molecule has 1 aromatic heterocycles. The predicted octanol–water partition coefficient (Wildman–Crippen LogP) is 2.09. The third-order valence-electron chi connectivity index (χ3n) is 4.65. The molecule has 0 N–H and O–H groups in total. The Morgan fingerprint density at radius 1 is 1.12 bits per heavy atom. The lowest BCUT2D eigenvalue weighted by atomic mass is 10.0. The second-order valence-corrected chi connectivity index (χ2v) is 5.99. The van der Waals surface area contributed by atoms with Crippen molar-refractivity contribution in [3.8, 4) is 11.5 Å². The fourth-order valence-electron chi connectivity index (χ4n) is 3.16. The average molecular weight is 329 g/mol. The number of carbonyl (C=O) groups is 1. The van der Waals surface area contributed by atoms with Crippen LogP contribution in [0.1, 0.15) is 24.1 Å². The molecule has 1 aliphatic heterocycles. The standard InChI is InChI=1S/C18H23N3O3/c1-13(21-9-6-19-12-21)18(22)20-7-4-14-10-16(23-2)17(24-3)11-15(14)5-8-20/h6,9-13H,4-5,7-8H2,1-3H3. The summed E-state index contributed by atoms with van der Waals surface area (Å²) in [6, 6.07) is 3.82. The largest absolute Gasteiger partial charge is 0.493 e. The summed E-state index contributed by atoms with van der Waals surface area (Å²) < 4.78 is 12.6. The van der Waals surface area contributed by atoms with Gasteiger partial charge in [-0.25, -0.2) is 4.98 Å². The first kappa shape index (κ1) is 16.4. The summed E-state index contributed by atoms with van der Waals surface area (Å²) >= 11 is 0. The molecular weight excluding hydrogens is 306 g/mol. The van der Waals surface area contributed by atoms with Gasteiger partial charge in [0, 0.05) is 25.5 Å². The smallest absolute Gasteiger partial charge is 0.245 e. The Balaban J connectivity index is 1.77. The van der Waals surface area contributed by atoms with Gasteiger partial charge in [0.2, 0.25) is 5.91 Å². The predicted molar refractivity (Wildman–Crippen MR) is 90.5 cm³/mol. The molecule has 1 atom stereocenters. The number of amides is 1. The van der Waals surface area contributed by atoms with Crippen molar-refractivity contribution in [2.75, 3.05) is 27.3 Å². The minimum absolute atomic E-state index is 0.125. The van der Waals surface area contributed by atoms with E-state index in [1.54, 1.807) is 26.7 Å². The van der Waals surface area contributed by atoms with E-state index in [1.165, 1.54) is 11.1 Å². The highest BCUT2D eigenvalue weighted by Gasteiger charge is 2.24. The van der Waals surface area contributed by atoms with E-state index in [1.807, 2.05) is 34.7 Å². The van der Waals surface area contributed by atoms with E-state index in [-0.39, 0.29) is 11.9 Å². The molecule has 24 heavy (non-hydrogen) atoms. The number of ether oxygens (including phenoxy) is 2. The van der Waals surface area contributed by atoms with Crippen LogP contribution in [0.5, 0.6) is 11.5 Å². The molecule has 2 heterocycles. The van der Waals surface area contributed by atoms with Crippen molar-refractivity contribution in [3.05, 3.63) is 42.0 Å². The van der Waals surface area contributed by atoms with Crippen molar-refractivity contribution in [2.45, 2.75) is 25.8 Å². The molecule has 0 fully saturated rings. The first-order valence-electron chi connectivity index (χ1n) is 8.14. The van der Waals surface area contributed by atoms with Crippen LogP contribution in [-0.4, -0.2) is 47.7 Å². The summed E-state index contributed by atoms with van der Waals surface area (Å²) in [6.07, 6.45) is 6.84. The van der Waals surface area contributed by atoms with Crippen LogP contribution in [0.15, 0.2) is 30.9 Å². The Morgan fingerprint density at radius 2 is 1.71 bits per heavy atom. The molecule has 0 saturated carbocycles. The molecule has 1 unspecified atom stereocenters. The first-order valence-corrected chi connectivity index (χ1v) is 8.14. The van der Waals surface area contributed by atoms with Gasteiger partial charge in [-0.2, -0.15) is 0 Å². The summed E-state index contributed by atoms with van der Waals surface area (Å²) in [5, 5.41) is 0. The Bertz CT molecular complexity index is 678. The number of hydrogen-bond donors (Lipinski definition) is 0. The van der Waals surface area contributed by atoms with Gasteiger partial charge in [-0.1, -0.05) is 0 Å². The Hall–Kier alpha value is -2.50. The van der Waals surface area contributed by atoms with E-state index in [2.05, 4.69) is 4.98 Å². The molecule has 1 aromatic carbocycles. The summed E-state index contributed by atoms with van der Waals surface area (Å²) in [6.45, 7) is 3.33. The van der Waals surface area contributed by atoms with Crippen LogP contribution < -0.4 is 9.47 Å². The molecule has 1 amide bonds. The molecule has 128 valence electrons. The molecule has 3 rings (SSSR count). The van der Waals surface area contributed by atoms with Crippen LogP contribution in [0.4, 0.5) is 0 Å². The van der Waals surface area contributed by atoms with Gasteiger partial charge in [-0.3, -0.25) is 4.79 Å². The molecule has 1 aliphatic rings. The molecule has 0 saturated heterocycles. The lowest BCUT2D eigenvalue weighted by Crippen LogP contribution is -2.37. The Labute approximate surface area is 142 Å². The van der Waals surface area contributed by atoms with Gasteiger partial charge in [-0.15, -0.1) is 0 Å². The molecule has 0 spiro atoms. The molecule has 0 radical (unpaired) electrons. The highest BCUT2D eigenvalue weighted by molar-refractivity contribution is 5.80. The van der Waals surface area contributed by atoms with E-state index in [0.29, 0.717) is 13.1 Å². The zero-order valence-corrected chi connectivity index (χ0v) is 14.4. The van der Waals surface area contributed by atoms with Gasteiger partial charge in [0.1, 0.15) is 6.04 Å². The van der Waals surface area contributed by atoms with E-state index in [9.17, 15) is 4.79 Å². The lowest BCUT2D eigenvalue weighted by molar-refractivity contribution is -0.134. The van der Waals surface area contributed by atoms with Gasteiger partial charge in [0.25, 0.3) is 0 Å². The van der Waals surface area contributed by atoms with Crippen molar-refractivity contribution in [3.63, 3.8) is 0 Å². The van der Waals surface area contributed by atoms with Crippen LogP contribution in [0.2, 0.25) is 0 Å². The number of methoxy groups -OCH3 is 2. The van der Waals surface area contributed by atoms with E-state index in [4.69, 9.17) is 9.47 Å². The van der Waals surface area contributed by atoms with Crippen molar-refractivity contribution in [1.29, 1.82) is 0 Å². The zero-order valence-electron chi connectivity index (χ0n) is 14.4. The van der Waals surface area contributed by atoms with Crippen molar-refractivity contribution in [2.24, 2.45) is 0 Å². The highest BCUT2D eigenvalue weighted by Crippen LogP contribution is 2.32. The summed E-state index contributed by atoms with van der Waals surface area (Å²) in [4.78, 5) is 18.7. The SMILES string of the molecule is COc1cc2c(cc1OC)CCN(C(=O)C(C)n1ccnc1)CC2. The maximum Gasteiger partial charge on any atom is 0.245 e. The molecule has 6 nitrogen and oxygen atoms in total. The third kappa shape index (κ3) is 3.09. The van der Waals surface area contributed by atoms with Gasteiger partial charge in [-0.05, 0) is 43.0 Å². The van der Waals surface area contributed by atoms with Crippen LogP contribution in [0, 0.1) is 0 Å². The fourth-order valence-corrected chi connectivity index (χ4v) is 3.16. The minimum Gasteiger partial charge on any atom is -0.493 e. The second-order valence-electron chi connectivity index (χ2n) is 5.99. The first-order chi connectivity index (χ1) is 11.6. The molecule has 0 aliphatic carbocycles. The van der Waals surface area contributed by atoms with Gasteiger partial charge in [0.15, 0.2) is 11.5 Å². The van der Waals surface area contributed by atoms with Gasteiger partial charge < -0.3 is 18.9 Å². The number of carbonyl (C=O) groups excluding carboxylic acids is 1. The fraction of sp³-hybridized carbons (Fsp3) is 0.444. The number of fused-ring (bicyclic) bond motifs is 1. The quantitative estimate of drug-likeness (QED) is 0.862. The van der Waals surface area contributed by atoms with Crippen LogP contribution >= 0.6 is 0 Å². The number of hydrogen-bond acceptors (Lipinski definition) is 4. The van der Waals surface area contributed by atoms with E-state index >= 15 is 0 Å². The van der Waals surface area contributed by atoms with Gasteiger partial charge in [0.05, 0.1) is 20.5 Å². The number of aromatic nitrogens is 2.